The number of hydrogen-bond acceptors (Lipinski definition) is 5. The zero-order chi connectivity index (χ0) is 20.3. The number of benzene rings is 1. The van der Waals surface area contributed by atoms with Gasteiger partial charge in [-0.25, -0.2) is 4.98 Å². The molecule has 1 aromatic carbocycles. The highest BCUT2D eigenvalue weighted by atomic mass is 16.1. The van der Waals surface area contributed by atoms with E-state index in [9.17, 15) is 15.3 Å². The fraction of sp³-hybridized carbons (Fsp3) is 0.227. The number of aromatic nitrogens is 1. The molecule has 0 bridgehead atoms. The van der Waals surface area contributed by atoms with Crippen molar-refractivity contribution in [2.45, 2.75) is 26.7 Å². The molecular formula is C22H19N5O. The molecule has 1 aromatic heterocycles. The molecule has 1 N–H and O–H groups in total. The zero-order valence-electron chi connectivity index (χ0n) is 15.9. The lowest BCUT2D eigenvalue weighted by Gasteiger charge is -2.27. The second-order valence-electron chi connectivity index (χ2n) is 6.69. The van der Waals surface area contributed by atoms with E-state index in [2.05, 4.69) is 27.4 Å². The van der Waals surface area contributed by atoms with E-state index in [1.54, 1.807) is 38.1 Å². The molecule has 0 radical (unpaired) electrons. The number of hydrogen-bond donors (Lipinski definition) is 1. The third kappa shape index (κ3) is 3.67. The van der Waals surface area contributed by atoms with E-state index in [-0.39, 0.29) is 5.91 Å². The molecule has 2 aromatic rings. The maximum atomic E-state index is 12.7. The Morgan fingerprint density at radius 1 is 1.11 bits per heavy atom. The molecule has 0 saturated heterocycles. The number of nitriles is 2. The molecule has 138 valence electrons. The molecule has 6 nitrogen and oxygen atoms in total. The highest BCUT2D eigenvalue weighted by Crippen LogP contribution is 2.38. The van der Waals surface area contributed by atoms with E-state index in [1.807, 2.05) is 25.1 Å². The molecule has 0 spiro atoms. The molecule has 28 heavy (non-hydrogen) atoms. The van der Waals surface area contributed by atoms with Crippen LogP contribution in [0.2, 0.25) is 0 Å². The minimum atomic E-state index is -0.546. The van der Waals surface area contributed by atoms with Crippen LogP contribution in [0.3, 0.4) is 0 Å². The maximum Gasteiger partial charge on any atom is 0.256 e. The number of nitrogens with one attached hydrogen (secondary N) is 1. The average Bonchev–Trinajstić information content (AvgIpc) is 2.67. The lowest BCUT2D eigenvalue weighted by Crippen LogP contribution is -2.25. The van der Waals surface area contributed by atoms with Crippen LogP contribution in [0.25, 0.3) is 0 Å². The SMILES string of the molecule is CC1=NC(C)=C(C#N)C(c2cccc(C(=O)Nc3cccc(C)n3)c2)C1C#N. The first-order chi connectivity index (χ1) is 13.4. The summed E-state index contributed by atoms with van der Waals surface area (Å²) in [7, 11) is 0. The van der Waals surface area contributed by atoms with Crippen molar-refractivity contribution in [2.24, 2.45) is 10.9 Å². The van der Waals surface area contributed by atoms with Gasteiger partial charge in [-0.3, -0.25) is 9.79 Å². The van der Waals surface area contributed by atoms with Gasteiger partial charge in [0.25, 0.3) is 5.91 Å². The summed E-state index contributed by atoms with van der Waals surface area (Å²) < 4.78 is 0. The minimum Gasteiger partial charge on any atom is -0.307 e. The van der Waals surface area contributed by atoms with Gasteiger partial charge in [0, 0.05) is 22.9 Å². The summed E-state index contributed by atoms with van der Waals surface area (Å²) >= 11 is 0. The van der Waals surface area contributed by atoms with Crippen molar-refractivity contribution >= 4 is 17.4 Å². The standard InChI is InChI=1S/C22H19N5O/c1-13-6-4-9-20(25-13)27-22(28)17-8-5-7-16(10-17)21-18(11-23)14(2)26-15(3)19(21)12-24/h4-10,18,21H,1-3H3,(H,25,27,28). The van der Waals surface area contributed by atoms with Crippen LogP contribution < -0.4 is 5.32 Å². The number of aliphatic imine (C=N–C) groups is 1. The predicted octanol–water partition coefficient (Wildman–Crippen LogP) is 4.14. The number of carbonyl (C=O) groups excluding carboxylic acids is 1. The molecular weight excluding hydrogens is 350 g/mol. The van der Waals surface area contributed by atoms with E-state index in [1.165, 1.54) is 0 Å². The van der Waals surface area contributed by atoms with Gasteiger partial charge >= 0.3 is 0 Å². The molecule has 1 aliphatic heterocycles. The zero-order valence-corrected chi connectivity index (χ0v) is 15.9. The molecule has 0 fully saturated rings. The Kier molecular flexibility index (Phi) is 5.33. The van der Waals surface area contributed by atoms with Gasteiger partial charge in [-0.1, -0.05) is 18.2 Å². The Morgan fingerprint density at radius 3 is 2.54 bits per heavy atom. The summed E-state index contributed by atoms with van der Waals surface area (Å²) in [6.07, 6.45) is 0. The van der Waals surface area contributed by atoms with Gasteiger partial charge in [-0.15, -0.1) is 0 Å². The normalized spacial score (nSPS) is 18.7. The Hall–Kier alpha value is -3.77. The summed E-state index contributed by atoms with van der Waals surface area (Å²) in [5, 5.41) is 22.0. The van der Waals surface area contributed by atoms with Crippen LogP contribution >= 0.6 is 0 Å². The van der Waals surface area contributed by atoms with Crippen LogP contribution in [0.15, 0.2) is 58.7 Å². The molecule has 3 rings (SSSR count). The highest BCUT2D eigenvalue weighted by molar-refractivity contribution is 6.04. The van der Waals surface area contributed by atoms with Gasteiger partial charge in [0.1, 0.15) is 5.82 Å². The first-order valence-electron chi connectivity index (χ1n) is 8.85. The number of nitrogens with zero attached hydrogens (tertiary/aromatic N) is 4. The monoisotopic (exact) mass is 369 g/mol. The van der Waals surface area contributed by atoms with E-state index in [0.29, 0.717) is 28.4 Å². The summed E-state index contributed by atoms with van der Waals surface area (Å²) in [6, 6.07) is 16.9. The molecule has 1 aliphatic rings. The van der Waals surface area contributed by atoms with Gasteiger partial charge in [-0.05, 0) is 50.6 Å². The van der Waals surface area contributed by atoms with Gasteiger partial charge in [0.2, 0.25) is 0 Å². The number of amides is 1. The fourth-order valence-electron chi connectivity index (χ4n) is 3.38. The van der Waals surface area contributed by atoms with Crippen LogP contribution in [0.1, 0.15) is 41.4 Å². The van der Waals surface area contributed by atoms with Crippen LogP contribution in [-0.2, 0) is 0 Å². The number of anilines is 1. The third-order valence-electron chi connectivity index (χ3n) is 4.73. The van der Waals surface area contributed by atoms with Crippen LogP contribution in [0, 0.1) is 35.5 Å². The highest BCUT2D eigenvalue weighted by Gasteiger charge is 2.34. The van der Waals surface area contributed by atoms with Gasteiger partial charge < -0.3 is 5.32 Å². The predicted molar refractivity (Wildman–Crippen MR) is 107 cm³/mol. The number of allylic oxidation sites excluding steroid dienone is 2. The Bertz CT molecular complexity index is 1080. The molecule has 0 saturated carbocycles. The van der Waals surface area contributed by atoms with E-state index >= 15 is 0 Å². The second kappa shape index (κ2) is 7.85. The summed E-state index contributed by atoms with van der Waals surface area (Å²) in [5.41, 5.74) is 3.71. The Morgan fingerprint density at radius 2 is 1.86 bits per heavy atom. The summed E-state index contributed by atoms with van der Waals surface area (Å²) in [6.45, 7) is 5.41. The van der Waals surface area contributed by atoms with Gasteiger partial charge in [0.05, 0.1) is 29.3 Å². The minimum absolute atomic E-state index is 0.297. The lowest BCUT2D eigenvalue weighted by molar-refractivity contribution is 0.102. The number of carbonyl (C=O) groups is 1. The molecule has 2 atom stereocenters. The lowest BCUT2D eigenvalue weighted by atomic mass is 9.76. The molecule has 1 amide bonds. The van der Waals surface area contributed by atoms with Gasteiger partial charge in [0.15, 0.2) is 0 Å². The first kappa shape index (κ1) is 19.0. The van der Waals surface area contributed by atoms with Crippen molar-refractivity contribution in [3.05, 3.63) is 70.6 Å². The van der Waals surface area contributed by atoms with Crippen LogP contribution in [0.4, 0.5) is 5.82 Å². The third-order valence-corrected chi connectivity index (χ3v) is 4.73. The first-order valence-corrected chi connectivity index (χ1v) is 8.85. The van der Waals surface area contributed by atoms with Crippen molar-refractivity contribution in [2.75, 3.05) is 5.32 Å². The van der Waals surface area contributed by atoms with Crippen molar-refractivity contribution in [1.82, 2.24) is 4.98 Å². The largest absolute Gasteiger partial charge is 0.307 e. The van der Waals surface area contributed by atoms with Crippen molar-refractivity contribution < 1.29 is 4.79 Å². The molecule has 2 heterocycles. The number of aryl methyl sites for hydroxylation is 1. The summed E-state index contributed by atoms with van der Waals surface area (Å²) in [5.74, 6) is -0.819. The summed E-state index contributed by atoms with van der Waals surface area (Å²) in [4.78, 5) is 21.3. The van der Waals surface area contributed by atoms with Crippen molar-refractivity contribution in [3.8, 4) is 12.1 Å². The fourth-order valence-corrected chi connectivity index (χ4v) is 3.38. The van der Waals surface area contributed by atoms with E-state index < -0.39 is 11.8 Å². The van der Waals surface area contributed by atoms with E-state index in [4.69, 9.17) is 0 Å². The van der Waals surface area contributed by atoms with Crippen LogP contribution in [0.5, 0.6) is 0 Å². The Labute approximate surface area is 163 Å². The Balaban J connectivity index is 1.96. The number of rotatable bonds is 3. The number of pyridine rings is 1. The molecule has 2 unspecified atom stereocenters. The van der Waals surface area contributed by atoms with E-state index in [0.717, 1.165) is 11.3 Å². The van der Waals surface area contributed by atoms with Crippen molar-refractivity contribution in [3.63, 3.8) is 0 Å². The molecule has 6 heteroatoms. The van der Waals surface area contributed by atoms with Crippen molar-refractivity contribution in [1.29, 1.82) is 10.5 Å². The quantitative estimate of drug-likeness (QED) is 0.878. The van der Waals surface area contributed by atoms with Gasteiger partial charge in [-0.2, -0.15) is 10.5 Å². The topological polar surface area (TPSA) is 102 Å². The second-order valence-corrected chi connectivity index (χ2v) is 6.69. The smallest absolute Gasteiger partial charge is 0.256 e. The maximum absolute atomic E-state index is 12.7. The average molecular weight is 369 g/mol. The van der Waals surface area contributed by atoms with Crippen LogP contribution in [-0.4, -0.2) is 16.6 Å². The molecule has 0 aliphatic carbocycles.